The summed E-state index contributed by atoms with van der Waals surface area (Å²) in [4.78, 5) is 0. The number of fused-ring (bicyclic) bond motifs is 1. The highest BCUT2D eigenvalue weighted by atomic mass is 16.5. The highest BCUT2D eigenvalue weighted by molar-refractivity contribution is 5.59. The SMILES string of the molecule is CCC(C)NCCc1ccc2c(c1)NCC(CC)O2. The van der Waals surface area contributed by atoms with Crippen LogP contribution in [0.3, 0.4) is 0 Å². The monoisotopic (exact) mass is 262 g/mol. The van der Waals surface area contributed by atoms with E-state index in [2.05, 4.69) is 49.6 Å². The van der Waals surface area contributed by atoms with E-state index in [-0.39, 0.29) is 0 Å². The quantitative estimate of drug-likeness (QED) is 0.826. The van der Waals surface area contributed by atoms with Gasteiger partial charge in [0.2, 0.25) is 0 Å². The van der Waals surface area contributed by atoms with E-state index < -0.39 is 0 Å². The number of rotatable bonds is 6. The second-order valence-corrected chi connectivity index (χ2v) is 5.37. The van der Waals surface area contributed by atoms with Gasteiger partial charge in [0.15, 0.2) is 0 Å². The summed E-state index contributed by atoms with van der Waals surface area (Å²) in [6.45, 7) is 8.55. The minimum atomic E-state index is 0.311. The topological polar surface area (TPSA) is 33.3 Å². The van der Waals surface area contributed by atoms with Crippen molar-refractivity contribution >= 4 is 5.69 Å². The largest absolute Gasteiger partial charge is 0.486 e. The molecule has 2 unspecified atom stereocenters. The van der Waals surface area contributed by atoms with Gasteiger partial charge in [-0.3, -0.25) is 0 Å². The third-order valence-corrected chi connectivity index (χ3v) is 3.83. The van der Waals surface area contributed by atoms with Crippen LogP contribution in [0.5, 0.6) is 5.75 Å². The molecule has 0 aromatic heterocycles. The fraction of sp³-hybridized carbons (Fsp3) is 0.625. The Balaban J connectivity index is 1.91. The molecule has 2 N–H and O–H groups in total. The summed E-state index contributed by atoms with van der Waals surface area (Å²) in [5.41, 5.74) is 2.51. The molecule has 19 heavy (non-hydrogen) atoms. The second kappa shape index (κ2) is 6.80. The first-order chi connectivity index (χ1) is 9.22. The molecule has 1 aliphatic heterocycles. The zero-order valence-electron chi connectivity index (χ0n) is 12.3. The van der Waals surface area contributed by atoms with Gasteiger partial charge >= 0.3 is 0 Å². The molecule has 2 atom stereocenters. The Morgan fingerprint density at radius 3 is 3.00 bits per heavy atom. The van der Waals surface area contributed by atoms with Gasteiger partial charge in [-0.15, -0.1) is 0 Å². The van der Waals surface area contributed by atoms with E-state index in [4.69, 9.17) is 4.74 Å². The molecular weight excluding hydrogens is 236 g/mol. The Labute approximate surface area is 116 Å². The summed E-state index contributed by atoms with van der Waals surface area (Å²) >= 11 is 0. The van der Waals surface area contributed by atoms with Crippen LogP contribution in [0, 0.1) is 0 Å². The Bertz CT molecular complexity index is 406. The van der Waals surface area contributed by atoms with Crippen molar-refractivity contribution in [3.63, 3.8) is 0 Å². The lowest BCUT2D eigenvalue weighted by molar-refractivity contribution is 0.202. The van der Waals surface area contributed by atoms with Crippen LogP contribution >= 0.6 is 0 Å². The Morgan fingerprint density at radius 2 is 2.26 bits per heavy atom. The summed E-state index contributed by atoms with van der Waals surface area (Å²) in [5, 5.41) is 6.99. The van der Waals surface area contributed by atoms with E-state index in [0.29, 0.717) is 12.1 Å². The van der Waals surface area contributed by atoms with Crippen molar-refractivity contribution in [2.45, 2.75) is 52.2 Å². The van der Waals surface area contributed by atoms with Gasteiger partial charge in [0.1, 0.15) is 11.9 Å². The van der Waals surface area contributed by atoms with Crippen LogP contribution in [-0.4, -0.2) is 25.2 Å². The molecule has 1 aromatic rings. The average Bonchev–Trinajstić information content (AvgIpc) is 2.46. The molecule has 0 saturated heterocycles. The van der Waals surface area contributed by atoms with Crippen LogP contribution in [0.4, 0.5) is 5.69 Å². The van der Waals surface area contributed by atoms with Crippen LogP contribution in [0.25, 0.3) is 0 Å². The van der Waals surface area contributed by atoms with Crippen molar-refractivity contribution in [3.05, 3.63) is 23.8 Å². The molecule has 3 nitrogen and oxygen atoms in total. The summed E-state index contributed by atoms with van der Waals surface area (Å²) in [6, 6.07) is 7.10. The number of hydrogen-bond donors (Lipinski definition) is 2. The molecule has 2 rings (SSSR count). The van der Waals surface area contributed by atoms with Gasteiger partial charge in [-0.25, -0.2) is 0 Å². The normalized spacial score (nSPS) is 19.2. The highest BCUT2D eigenvalue weighted by Crippen LogP contribution is 2.30. The predicted molar refractivity (Wildman–Crippen MR) is 81.1 cm³/mol. The highest BCUT2D eigenvalue weighted by Gasteiger charge is 2.17. The molecule has 0 fully saturated rings. The summed E-state index contributed by atoms with van der Waals surface area (Å²) in [7, 11) is 0. The second-order valence-electron chi connectivity index (χ2n) is 5.37. The van der Waals surface area contributed by atoms with Crippen LogP contribution < -0.4 is 15.4 Å². The lowest BCUT2D eigenvalue weighted by Gasteiger charge is -2.27. The molecule has 1 heterocycles. The fourth-order valence-corrected chi connectivity index (χ4v) is 2.25. The zero-order valence-corrected chi connectivity index (χ0v) is 12.3. The number of anilines is 1. The van der Waals surface area contributed by atoms with Crippen molar-refractivity contribution in [1.29, 1.82) is 0 Å². The van der Waals surface area contributed by atoms with Crippen molar-refractivity contribution in [2.75, 3.05) is 18.4 Å². The number of benzene rings is 1. The van der Waals surface area contributed by atoms with E-state index in [9.17, 15) is 0 Å². The Morgan fingerprint density at radius 1 is 1.42 bits per heavy atom. The summed E-state index contributed by atoms with van der Waals surface area (Å²) in [6.07, 6.45) is 3.60. The smallest absolute Gasteiger partial charge is 0.142 e. The number of nitrogens with one attached hydrogen (secondary N) is 2. The number of ether oxygens (including phenoxy) is 1. The van der Waals surface area contributed by atoms with E-state index in [1.54, 1.807) is 0 Å². The number of hydrogen-bond acceptors (Lipinski definition) is 3. The molecule has 0 amide bonds. The lowest BCUT2D eigenvalue weighted by atomic mass is 10.1. The minimum absolute atomic E-state index is 0.311. The molecule has 0 bridgehead atoms. The van der Waals surface area contributed by atoms with Gasteiger partial charge in [0.25, 0.3) is 0 Å². The predicted octanol–water partition coefficient (Wildman–Crippen LogP) is 3.20. The Hall–Kier alpha value is -1.22. The third-order valence-electron chi connectivity index (χ3n) is 3.83. The third kappa shape index (κ3) is 3.87. The van der Waals surface area contributed by atoms with E-state index in [1.165, 1.54) is 12.0 Å². The van der Waals surface area contributed by atoms with Crippen LogP contribution in [0.2, 0.25) is 0 Å². The van der Waals surface area contributed by atoms with E-state index in [0.717, 1.165) is 37.4 Å². The summed E-state index contributed by atoms with van der Waals surface area (Å²) < 4.78 is 5.92. The van der Waals surface area contributed by atoms with Crippen LogP contribution in [0.15, 0.2) is 18.2 Å². The van der Waals surface area contributed by atoms with Gasteiger partial charge < -0.3 is 15.4 Å². The molecule has 1 aromatic carbocycles. The van der Waals surface area contributed by atoms with Crippen molar-refractivity contribution in [1.82, 2.24) is 5.32 Å². The molecule has 3 heteroatoms. The first kappa shape index (κ1) is 14.2. The van der Waals surface area contributed by atoms with Gasteiger partial charge in [0, 0.05) is 6.04 Å². The fourth-order valence-electron chi connectivity index (χ4n) is 2.25. The minimum Gasteiger partial charge on any atom is -0.486 e. The summed E-state index contributed by atoms with van der Waals surface area (Å²) in [5.74, 6) is 0.997. The molecular formula is C16H26N2O. The molecule has 0 aliphatic carbocycles. The molecule has 0 radical (unpaired) electrons. The standard InChI is InChI=1S/C16H26N2O/c1-4-12(3)17-9-8-13-6-7-16-15(10-13)18-11-14(5-2)19-16/h6-7,10,12,14,17-18H,4-5,8-9,11H2,1-3H3. The maximum Gasteiger partial charge on any atom is 0.142 e. The van der Waals surface area contributed by atoms with Gasteiger partial charge in [0.05, 0.1) is 12.2 Å². The van der Waals surface area contributed by atoms with Crippen molar-refractivity contribution in [2.24, 2.45) is 0 Å². The molecule has 106 valence electrons. The van der Waals surface area contributed by atoms with Gasteiger partial charge in [-0.05, 0) is 50.4 Å². The maximum absolute atomic E-state index is 5.92. The van der Waals surface area contributed by atoms with E-state index >= 15 is 0 Å². The maximum atomic E-state index is 5.92. The van der Waals surface area contributed by atoms with Gasteiger partial charge in [-0.1, -0.05) is 19.9 Å². The molecule has 0 saturated carbocycles. The first-order valence-corrected chi connectivity index (χ1v) is 7.49. The van der Waals surface area contributed by atoms with E-state index in [1.807, 2.05) is 0 Å². The average molecular weight is 262 g/mol. The van der Waals surface area contributed by atoms with Crippen molar-refractivity contribution < 1.29 is 4.74 Å². The molecule has 0 spiro atoms. The van der Waals surface area contributed by atoms with Crippen molar-refractivity contribution in [3.8, 4) is 5.75 Å². The van der Waals surface area contributed by atoms with Crippen LogP contribution in [-0.2, 0) is 6.42 Å². The van der Waals surface area contributed by atoms with Crippen LogP contribution in [0.1, 0.15) is 39.2 Å². The Kier molecular flexibility index (Phi) is 5.08. The van der Waals surface area contributed by atoms with Gasteiger partial charge in [-0.2, -0.15) is 0 Å². The lowest BCUT2D eigenvalue weighted by Crippen LogP contribution is -2.30. The zero-order chi connectivity index (χ0) is 13.7. The first-order valence-electron chi connectivity index (χ1n) is 7.49. The molecule has 1 aliphatic rings.